The first kappa shape index (κ1) is 11.6. The van der Waals surface area contributed by atoms with Gasteiger partial charge in [-0.2, -0.15) is 0 Å². The summed E-state index contributed by atoms with van der Waals surface area (Å²) in [5.41, 5.74) is 2.34. The van der Waals surface area contributed by atoms with E-state index in [2.05, 4.69) is 10.4 Å². The molecule has 0 aliphatic rings. The Kier molecular flexibility index (Phi) is 3.74. The Morgan fingerprint density at radius 2 is 2.13 bits per heavy atom. The third kappa shape index (κ3) is 2.30. The largest absolute Gasteiger partial charge is 0.308 e. The van der Waals surface area contributed by atoms with Crippen molar-refractivity contribution in [3.8, 4) is 0 Å². The van der Waals surface area contributed by atoms with Crippen LogP contribution >= 0.6 is 0 Å². The molecule has 0 fully saturated rings. The Labute approximate surface area is 87.0 Å². The fraction of sp³-hybridized carbons (Fsp3) is 0.300. The molecule has 0 heterocycles. The van der Waals surface area contributed by atoms with Gasteiger partial charge in [-0.25, -0.2) is 14.6 Å². The second-order valence-corrected chi connectivity index (χ2v) is 3.02. The fourth-order valence-electron chi connectivity index (χ4n) is 1.23. The maximum atomic E-state index is 13.6. The number of aliphatic imine (C=N–C) groups is 1. The molecule has 0 saturated heterocycles. The predicted molar refractivity (Wildman–Crippen MR) is 55.5 cm³/mol. The van der Waals surface area contributed by atoms with Gasteiger partial charge in [0, 0.05) is 6.54 Å². The lowest BCUT2D eigenvalue weighted by Crippen LogP contribution is -2.33. The summed E-state index contributed by atoms with van der Waals surface area (Å²) < 4.78 is 27.0. The molecule has 1 aromatic rings. The Balaban J connectivity index is 3.34. The van der Waals surface area contributed by atoms with Crippen molar-refractivity contribution in [3.05, 3.63) is 34.9 Å². The molecular weight excluding hydrogens is 200 g/mol. The number of nitrogens with zero attached hydrogens (tertiary/aromatic N) is 1. The number of amidine groups is 1. The lowest BCUT2D eigenvalue weighted by Gasteiger charge is -2.09. The number of hydrazine groups is 1. The molecule has 0 spiro atoms. The molecule has 0 amide bonds. The zero-order valence-electron chi connectivity index (χ0n) is 8.64. The van der Waals surface area contributed by atoms with Gasteiger partial charge in [0.25, 0.3) is 0 Å². The Morgan fingerprint density at radius 1 is 1.47 bits per heavy atom. The van der Waals surface area contributed by atoms with Gasteiger partial charge in [-0.1, -0.05) is 6.07 Å². The molecule has 3 N–H and O–H groups in total. The number of aryl methyl sites for hydroxylation is 1. The van der Waals surface area contributed by atoms with Crippen molar-refractivity contribution >= 4 is 5.84 Å². The van der Waals surface area contributed by atoms with Crippen LogP contribution in [0.4, 0.5) is 8.78 Å². The summed E-state index contributed by atoms with van der Waals surface area (Å²) in [6.07, 6.45) is 0. The minimum Gasteiger partial charge on any atom is -0.308 e. The van der Waals surface area contributed by atoms with E-state index < -0.39 is 11.6 Å². The standard InChI is InChI=1S/C10H13F2N3/c1-3-14-10(15-13)8-7(11)5-4-6(2)9(8)12/h4-5H,3,13H2,1-2H3,(H,14,15). The maximum absolute atomic E-state index is 13.6. The predicted octanol–water partition coefficient (Wildman–Crippen LogP) is 1.50. The van der Waals surface area contributed by atoms with Crippen molar-refractivity contribution in [3.63, 3.8) is 0 Å². The summed E-state index contributed by atoms with van der Waals surface area (Å²) >= 11 is 0. The molecule has 3 nitrogen and oxygen atoms in total. The van der Waals surface area contributed by atoms with E-state index in [9.17, 15) is 8.78 Å². The van der Waals surface area contributed by atoms with Gasteiger partial charge in [0.2, 0.25) is 0 Å². The molecular formula is C10H13F2N3. The van der Waals surface area contributed by atoms with E-state index in [4.69, 9.17) is 5.84 Å². The van der Waals surface area contributed by atoms with Gasteiger partial charge < -0.3 is 5.43 Å². The SMILES string of the molecule is CCN=C(NN)c1c(F)ccc(C)c1F. The van der Waals surface area contributed by atoms with Crippen LogP contribution in [-0.2, 0) is 0 Å². The van der Waals surface area contributed by atoms with E-state index in [1.54, 1.807) is 13.8 Å². The fourth-order valence-corrected chi connectivity index (χ4v) is 1.23. The maximum Gasteiger partial charge on any atom is 0.148 e. The van der Waals surface area contributed by atoms with Gasteiger partial charge in [0.15, 0.2) is 0 Å². The number of rotatable bonds is 2. The number of hydrogen-bond donors (Lipinski definition) is 2. The van der Waals surface area contributed by atoms with Crippen LogP contribution in [0.15, 0.2) is 17.1 Å². The van der Waals surface area contributed by atoms with Crippen LogP contribution in [0.25, 0.3) is 0 Å². The van der Waals surface area contributed by atoms with Gasteiger partial charge in [-0.05, 0) is 25.5 Å². The highest BCUT2D eigenvalue weighted by atomic mass is 19.1. The van der Waals surface area contributed by atoms with Crippen molar-refractivity contribution in [2.75, 3.05) is 6.54 Å². The Bertz CT molecular complexity index is 388. The minimum absolute atomic E-state index is 0.0243. The van der Waals surface area contributed by atoms with Crippen LogP contribution in [-0.4, -0.2) is 12.4 Å². The lowest BCUT2D eigenvalue weighted by molar-refractivity contribution is 0.571. The van der Waals surface area contributed by atoms with Crippen LogP contribution < -0.4 is 11.3 Å². The second kappa shape index (κ2) is 4.84. The number of hydrogen-bond acceptors (Lipinski definition) is 2. The topological polar surface area (TPSA) is 50.4 Å². The van der Waals surface area contributed by atoms with Crippen LogP contribution in [0, 0.1) is 18.6 Å². The van der Waals surface area contributed by atoms with E-state index >= 15 is 0 Å². The molecule has 5 heteroatoms. The highest BCUT2D eigenvalue weighted by Gasteiger charge is 2.16. The van der Waals surface area contributed by atoms with Crippen LogP contribution in [0.1, 0.15) is 18.1 Å². The van der Waals surface area contributed by atoms with Gasteiger partial charge in [-0.15, -0.1) is 0 Å². The van der Waals surface area contributed by atoms with E-state index in [1.807, 2.05) is 0 Å². The molecule has 15 heavy (non-hydrogen) atoms. The van der Waals surface area contributed by atoms with Crippen LogP contribution in [0.2, 0.25) is 0 Å². The molecule has 0 aliphatic carbocycles. The third-order valence-corrected chi connectivity index (χ3v) is 1.97. The number of halogens is 2. The molecule has 0 unspecified atom stereocenters. The molecule has 82 valence electrons. The van der Waals surface area contributed by atoms with E-state index in [0.29, 0.717) is 12.1 Å². The monoisotopic (exact) mass is 213 g/mol. The quantitative estimate of drug-likeness (QED) is 0.338. The third-order valence-electron chi connectivity index (χ3n) is 1.97. The summed E-state index contributed by atoms with van der Waals surface area (Å²) in [5, 5.41) is 0. The molecule has 0 saturated carbocycles. The summed E-state index contributed by atoms with van der Waals surface area (Å²) in [6.45, 7) is 3.70. The van der Waals surface area contributed by atoms with Gasteiger partial charge in [-0.3, -0.25) is 4.99 Å². The highest BCUT2D eigenvalue weighted by Crippen LogP contribution is 2.16. The molecule has 0 atom stereocenters. The normalized spacial score (nSPS) is 11.7. The summed E-state index contributed by atoms with van der Waals surface area (Å²) in [5.74, 6) is 3.87. The smallest absolute Gasteiger partial charge is 0.148 e. The van der Waals surface area contributed by atoms with Crippen molar-refractivity contribution in [1.82, 2.24) is 5.43 Å². The highest BCUT2D eigenvalue weighted by molar-refractivity contribution is 5.99. The van der Waals surface area contributed by atoms with Crippen molar-refractivity contribution in [2.24, 2.45) is 10.8 Å². The first-order valence-corrected chi connectivity index (χ1v) is 4.57. The summed E-state index contributed by atoms with van der Waals surface area (Å²) in [7, 11) is 0. The first-order chi connectivity index (χ1) is 7.11. The minimum atomic E-state index is -0.678. The number of benzene rings is 1. The molecule has 1 rings (SSSR count). The molecule has 0 aromatic heterocycles. The zero-order valence-corrected chi connectivity index (χ0v) is 8.64. The Hall–Kier alpha value is -1.49. The van der Waals surface area contributed by atoms with Gasteiger partial charge >= 0.3 is 0 Å². The van der Waals surface area contributed by atoms with Crippen molar-refractivity contribution < 1.29 is 8.78 Å². The van der Waals surface area contributed by atoms with Crippen LogP contribution in [0.3, 0.4) is 0 Å². The van der Waals surface area contributed by atoms with E-state index in [0.717, 1.165) is 0 Å². The van der Waals surface area contributed by atoms with Crippen molar-refractivity contribution in [1.29, 1.82) is 0 Å². The van der Waals surface area contributed by atoms with Gasteiger partial charge in [0.1, 0.15) is 17.5 Å². The second-order valence-electron chi connectivity index (χ2n) is 3.02. The van der Waals surface area contributed by atoms with Crippen molar-refractivity contribution in [2.45, 2.75) is 13.8 Å². The Morgan fingerprint density at radius 3 is 2.67 bits per heavy atom. The molecule has 0 bridgehead atoms. The average Bonchev–Trinajstić information content (AvgIpc) is 2.22. The van der Waals surface area contributed by atoms with E-state index in [-0.39, 0.29) is 11.4 Å². The zero-order chi connectivity index (χ0) is 11.4. The van der Waals surface area contributed by atoms with Crippen LogP contribution in [0.5, 0.6) is 0 Å². The summed E-state index contributed by atoms with van der Waals surface area (Å²) in [4.78, 5) is 3.88. The molecule has 1 aromatic carbocycles. The lowest BCUT2D eigenvalue weighted by atomic mass is 10.1. The number of nitrogens with two attached hydrogens (primary N) is 1. The number of nitrogens with one attached hydrogen (secondary N) is 1. The average molecular weight is 213 g/mol. The van der Waals surface area contributed by atoms with Gasteiger partial charge in [0.05, 0.1) is 5.56 Å². The molecule has 0 radical (unpaired) electrons. The molecule has 0 aliphatic heterocycles. The van der Waals surface area contributed by atoms with E-state index in [1.165, 1.54) is 12.1 Å². The first-order valence-electron chi connectivity index (χ1n) is 4.57. The summed E-state index contributed by atoms with van der Waals surface area (Å²) in [6, 6.07) is 2.56.